The minimum absolute atomic E-state index is 0.382. The molecule has 0 rings (SSSR count). The molecule has 3 heteroatoms. The SMILES string of the molecule is CCCCCOCOC=CCCCCCCCCCCCC=O. The van der Waals surface area contributed by atoms with Crippen LogP contribution in [0.3, 0.4) is 0 Å². The van der Waals surface area contributed by atoms with E-state index in [4.69, 9.17) is 9.47 Å². The largest absolute Gasteiger partial charge is 0.475 e. The van der Waals surface area contributed by atoms with Gasteiger partial charge in [-0.05, 0) is 31.8 Å². The molecule has 0 atom stereocenters. The molecule has 0 aliphatic heterocycles. The van der Waals surface area contributed by atoms with Crippen LogP contribution in [0, 0.1) is 0 Å². The summed E-state index contributed by atoms with van der Waals surface area (Å²) in [5.41, 5.74) is 0. The summed E-state index contributed by atoms with van der Waals surface area (Å²) in [6.07, 6.45) is 21.8. The Labute approximate surface area is 143 Å². The molecule has 0 bridgehead atoms. The van der Waals surface area contributed by atoms with E-state index in [1.165, 1.54) is 64.2 Å². The predicted molar refractivity (Wildman–Crippen MR) is 97.4 cm³/mol. The number of aldehydes is 1. The molecule has 0 aromatic heterocycles. The average molecular weight is 327 g/mol. The van der Waals surface area contributed by atoms with E-state index >= 15 is 0 Å². The topological polar surface area (TPSA) is 35.5 Å². The number of carbonyl (C=O) groups excluding carboxylic acids is 1. The molecule has 0 aliphatic carbocycles. The van der Waals surface area contributed by atoms with Crippen LogP contribution in [0.4, 0.5) is 0 Å². The van der Waals surface area contributed by atoms with Gasteiger partial charge in [0.2, 0.25) is 0 Å². The van der Waals surface area contributed by atoms with Crippen molar-refractivity contribution in [2.45, 2.75) is 96.8 Å². The van der Waals surface area contributed by atoms with Gasteiger partial charge in [-0.3, -0.25) is 0 Å². The number of ether oxygens (including phenoxy) is 2. The molecule has 0 aliphatic rings. The smallest absolute Gasteiger partial charge is 0.188 e. The van der Waals surface area contributed by atoms with Gasteiger partial charge in [0.05, 0.1) is 12.9 Å². The fraction of sp³-hybridized carbons (Fsp3) is 0.850. The number of hydrogen-bond acceptors (Lipinski definition) is 3. The first kappa shape index (κ1) is 22.2. The van der Waals surface area contributed by atoms with Crippen LogP contribution in [0.15, 0.2) is 12.3 Å². The Morgan fingerprint density at radius 2 is 1.35 bits per heavy atom. The summed E-state index contributed by atoms with van der Waals surface area (Å²) in [4.78, 5) is 10.2. The van der Waals surface area contributed by atoms with Gasteiger partial charge in [-0.1, -0.05) is 64.7 Å². The lowest BCUT2D eigenvalue weighted by molar-refractivity contribution is -0.107. The second-order valence-corrected chi connectivity index (χ2v) is 6.20. The first-order chi connectivity index (χ1) is 11.4. The third-order valence-electron chi connectivity index (χ3n) is 3.93. The van der Waals surface area contributed by atoms with Gasteiger partial charge in [-0.15, -0.1) is 0 Å². The fourth-order valence-corrected chi connectivity index (χ4v) is 2.46. The molecule has 136 valence electrons. The van der Waals surface area contributed by atoms with Crippen LogP contribution in [0.2, 0.25) is 0 Å². The van der Waals surface area contributed by atoms with Crippen LogP contribution in [0.5, 0.6) is 0 Å². The van der Waals surface area contributed by atoms with Crippen molar-refractivity contribution in [3.63, 3.8) is 0 Å². The molecule has 0 N–H and O–H groups in total. The van der Waals surface area contributed by atoms with E-state index in [9.17, 15) is 4.79 Å². The molecule has 0 saturated carbocycles. The maximum absolute atomic E-state index is 10.2. The Kier molecular flexibility index (Phi) is 20.4. The monoisotopic (exact) mass is 326 g/mol. The van der Waals surface area contributed by atoms with Crippen LogP contribution in [0.25, 0.3) is 0 Å². The lowest BCUT2D eigenvalue weighted by Crippen LogP contribution is -1.97. The van der Waals surface area contributed by atoms with E-state index in [0.717, 1.165) is 38.6 Å². The molecule has 0 unspecified atom stereocenters. The molecule has 0 spiro atoms. The summed E-state index contributed by atoms with van der Waals surface area (Å²) >= 11 is 0. The van der Waals surface area contributed by atoms with Gasteiger partial charge >= 0.3 is 0 Å². The summed E-state index contributed by atoms with van der Waals surface area (Å²) < 4.78 is 10.6. The van der Waals surface area contributed by atoms with Crippen LogP contribution < -0.4 is 0 Å². The standard InChI is InChI=1S/C20H38O3/c1-2-3-15-18-22-20-23-19-16-13-11-9-7-5-4-6-8-10-12-14-17-21/h16-17,19H,2-15,18,20H2,1H3. The lowest BCUT2D eigenvalue weighted by Gasteiger charge is -2.03. The summed E-state index contributed by atoms with van der Waals surface area (Å²) in [6.45, 7) is 3.38. The fourth-order valence-electron chi connectivity index (χ4n) is 2.46. The highest BCUT2D eigenvalue weighted by Crippen LogP contribution is 2.11. The van der Waals surface area contributed by atoms with Gasteiger partial charge in [0.15, 0.2) is 6.79 Å². The van der Waals surface area contributed by atoms with E-state index in [-0.39, 0.29) is 0 Å². The zero-order valence-electron chi connectivity index (χ0n) is 15.3. The molecular weight excluding hydrogens is 288 g/mol. The summed E-state index contributed by atoms with van der Waals surface area (Å²) in [5, 5.41) is 0. The maximum Gasteiger partial charge on any atom is 0.188 e. The van der Waals surface area contributed by atoms with Crippen molar-refractivity contribution in [2.24, 2.45) is 0 Å². The van der Waals surface area contributed by atoms with Gasteiger partial charge in [0.1, 0.15) is 6.29 Å². The molecule has 0 amide bonds. The minimum atomic E-state index is 0.382. The summed E-state index contributed by atoms with van der Waals surface area (Å²) in [6, 6.07) is 0. The third kappa shape index (κ3) is 21.2. The second-order valence-electron chi connectivity index (χ2n) is 6.20. The number of hydrogen-bond donors (Lipinski definition) is 0. The zero-order valence-corrected chi connectivity index (χ0v) is 15.3. The van der Waals surface area contributed by atoms with E-state index in [0.29, 0.717) is 6.79 Å². The Morgan fingerprint density at radius 3 is 1.96 bits per heavy atom. The highest BCUT2D eigenvalue weighted by atomic mass is 16.7. The van der Waals surface area contributed by atoms with Gasteiger partial charge in [-0.2, -0.15) is 0 Å². The van der Waals surface area contributed by atoms with Crippen molar-refractivity contribution >= 4 is 6.29 Å². The molecule has 0 saturated heterocycles. The molecule has 23 heavy (non-hydrogen) atoms. The lowest BCUT2D eigenvalue weighted by atomic mass is 10.1. The van der Waals surface area contributed by atoms with Crippen LogP contribution in [-0.4, -0.2) is 19.7 Å². The predicted octanol–water partition coefficient (Wildman–Crippen LogP) is 6.17. The third-order valence-corrected chi connectivity index (χ3v) is 3.93. The van der Waals surface area contributed by atoms with Crippen molar-refractivity contribution in [1.82, 2.24) is 0 Å². The van der Waals surface area contributed by atoms with Crippen molar-refractivity contribution in [1.29, 1.82) is 0 Å². The molecule has 0 aromatic rings. The molecular formula is C20H38O3. The van der Waals surface area contributed by atoms with Crippen molar-refractivity contribution in [2.75, 3.05) is 13.4 Å². The van der Waals surface area contributed by atoms with E-state index in [1.54, 1.807) is 6.26 Å². The Morgan fingerprint density at radius 1 is 0.739 bits per heavy atom. The maximum atomic E-state index is 10.2. The molecule has 0 aromatic carbocycles. The highest BCUT2D eigenvalue weighted by Gasteiger charge is 1.92. The van der Waals surface area contributed by atoms with Gasteiger partial charge in [0.25, 0.3) is 0 Å². The van der Waals surface area contributed by atoms with Crippen LogP contribution >= 0.6 is 0 Å². The highest BCUT2D eigenvalue weighted by molar-refractivity contribution is 5.48. The Hall–Kier alpha value is -0.830. The zero-order chi connectivity index (χ0) is 16.8. The van der Waals surface area contributed by atoms with Crippen molar-refractivity contribution in [3.05, 3.63) is 12.3 Å². The summed E-state index contributed by atoms with van der Waals surface area (Å²) in [7, 11) is 0. The Balaban J connectivity index is 3.03. The molecule has 0 radical (unpaired) electrons. The first-order valence-corrected chi connectivity index (χ1v) is 9.69. The van der Waals surface area contributed by atoms with Crippen LogP contribution in [0.1, 0.15) is 96.8 Å². The second kappa shape index (κ2) is 21.2. The van der Waals surface area contributed by atoms with Crippen molar-refractivity contribution in [3.8, 4) is 0 Å². The molecule has 0 fully saturated rings. The average Bonchev–Trinajstić information content (AvgIpc) is 2.57. The van der Waals surface area contributed by atoms with Gasteiger partial charge in [0, 0.05) is 6.42 Å². The van der Waals surface area contributed by atoms with Crippen molar-refractivity contribution < 1.29 is 14.3 Å². The Bertz CT molecular complexity index is 251. The minimum Gasteiger partial charge on any atom is -0.475 e. The quantitative estimate of drug-likeness (QED) is 0.123. The van der Waals surface area contributed by atoms with E-state index in [2.05, 4.69) is 13.0 Å². The number of allylic oxidation sites excluding steroid dienone is 1. The van der Waals surface area contributed by atoms with Crippen LogP contribution in [-0.2, 0) is 14.3 Å². The van der Waals surface area contributed by atoms with E-state index in [1.807, 2.05) is 0 Å². The number of rotatable bonds is 19. The molecule has 0 heterocycles. The number of unbranched alkanes of at least 4 members (excludes halogenated alkanes) is 12. The van der Waals surface area contributed by atoms with E-state index < -0.39 is 0 Å². The first-order valence-electron chi connectivity index (χ1n) is 9.69. The van der Waals surface area contributed by atoms with Gasteiger partial charge in [-0.25, -0.2) is 0 Å². The normalized spacial score (nSPS) is 11.2. The molecule has 3 nitrogen and oxygen atoms in total. The summed E-state index contributed by atoms with van der Waals surface area (Å²) in [5.74, 6) is 0. The van der Waals surface area contributed by atoms with Gasteiger partial charge < -0.3 is 14.3 Å². The number of carbonyl (C=O) groups is 1.